The van der Waals surface area contributed by atoms with E-state index in [4.69, 9.17) is 0 Å². The van der Waals surface area contributed by atoms with Crippen molar-refractivity contribution in [2.75, 3.05) is 18.0 Å². The van der Waals surface area contributed by atoms with Gasteiger partial charge in [0.1, 0.15) is 12.1 Å². The van der Waals surface area contributed by atoms with E-state index in [9.17, 15) is 4.39 Å². The third kappa shape index (κ3) is 2.01. The molecule has 0 unspecified atom stereocenters. The molecule has 1 aromatic rings. The Morgan fingerprint density at radius 2 is 2.12 bits per heavy atom. The lowest BCUT2D eigenvalue weighted by Crippen LogP contribution is -2.26. The summed E-state index contributed by atoms with van der Waals surface area (Å²) in [7, 11) is 0. The van der Waals surface area contributed by atoms with Crippen LogP contribution in [0.3, 0.4) is 0 Å². The Morgan fingerprint density at radius 3 is 2.69 bits per heavy atom. The molecule has 4 heteroatoms. The van der Waals surface area contributed by atoms with Gasteiger partial charge in [-0.15, -0.1) is 0 Å². The van der Waals surface area contributed by atoms with Crippen molar-refractivity contribution in [3.63, 3.8) is 0 Å². The first-order valence-corrected chi connectivity index (χ1v) is 5.91. The molecule has 1 fully saturated rings. The molecular weight excluding hydrogens is 205 g/mol. The lowest BCUT2D eigenvalue weighted by molar-refractivity contribution is 0.301. The second kappa shape index (κ2) is 4.36. The molecule has 0 atom stereocenters. The predicted molar refractivity (Wildman–Crippen MR) is 61.8 cm³/mol. The topological polar surface area (TPSA) is 29.0 Å². The van der Waals surface area contributed by atoms with E-state index in [1.807, 2.05) is 0 Å². The van der Waals surface area contributed by atoms with Gasteiger partial charge in [0.25, 0.3) is 0 Å². The van der Waals surface area contributed by atoms with Gasteiger partial charge in [0.05, 0.1) is 0 Å². The third-order valence-corrected chi connectivity index (χ3v) is 3.88. The van der Waals surface area contributed by atoms with Crippen LogP contribution in [-0.4, -0.2) is 23.1 Å². The first kappa shape index (κ1) is 11.3. The number of aromatic nitrogens is 2. The Kier molecular flexibility index (Phi) is 3.08. The summed E-state index contributed by atoms with van der Waals surface area (Å²) >= 11 is 0. The lowest BCUT2D eigenvalue weighted by Gasteiger charge is -2.26. The number of rotatable bonds is 3. The van der Waals surface area contributed by atoms with Crippen molar-refractivity contribution in [2.24, 2.45) is 5.41 Å². The number of nitrogens with zero attached hydrogens (tertiary/aromatic N) is 3. The molecule has 0 spiro atoms. The van der Waals surface area contributed by atoms with Gasteiger partial charge in [-0.1, -0.05) is 13.8 Å². The van der Waals surface area contributed by atoms with Crippen LogP contribution in [0.4, 0.5) is 10.2 Å². The smallest absolute Gasteiger partial charge is 0.218 e. The van der Waals surface area contributed by atoms with E-state index in [-0.39, 0.29) is 0 Å². The highest BCUT2D eigenvalue weighted by Gasteiger charge is 2.35. The van der Waals surface area contributed by atoms with E-state index < -0.39 is 5.95 Å². The van der Waals surface area contributed by atoms with Gasteiger partial charge in [0.15, 0.2) is 0 Å². The van der Waals surface area contributed by atoms with E-state index in [1.54, 1.807) is 0 Å². The van der Waals surface area contributed by atoms with Gasteiger partial charge < -0.3 is 4.90 Å². The largest absolute Gasteiger partial charge is 0.356 e. The molecule has 0 radical (unpaired) electrons. The number of halogens is 1. The molecule has 0 N–H and O–H groups in total. The van der Waals surface area contributed by atoms with Crippen molar-refractivity contribution < 1.29 is 4.39 Å². The second-order valence-corrected chi connectivity index (χ2v) is 4.58. The Labute approximate surface area is 95.7 Å². The Balaban J connectivity index is 2.14. The van der Waals surface area contributed by atoms with Crippen molar-refractivity contribution in [1.29, 1.82) is 0 Å². The molecule has 1 aromatic heterocycles. The second-order valence-electron chi connectivity index (χ2n) is 4.58. The van der Waals surface area contributed by atoms with Gasteiger partial charge in [0, 0.05) is 19.2 Å². The van der Waals surface area contributed by atoms with Crippen LogP contribution in [0.15, 0.2) is 12.4 Å². The standard InChI is InChI=1S/C12H18FN3/c1-3-12(4-2)5-6-16(8-12)11-7-10(13)14-9-15-11/h7,9H,3-6,8H2,1-2H3. The van der Waals surface area contributed by atoms with Crippen LogP contribution in [0.2, 0.25) is 0 Å². The van der Waals surface area contributed by atoms with Crippen molar-refractivity contribution >= 4 is 5.82 Å². The molecule has 3 nitrogen and oxygen atoms in total. The minimum absolute atomic E-state index is 0.390. The fourth-order valence-corrected chi connectivity index (χ4v) is 2.46. The van der Waals surface area contributed by atoms with Crippen LogP contribution in [-0.2, 0) is 0 Å². The molecule has 0 aliphatic carbocycles. The maximum atomic E-state index is 13.0. The Morgan fingerprint density at radius 1 is 1.38 bits per heavy atom. The van der Waals surface area contributed by atoms with E-state index in [2.05, 4.69) is 28.7 Å². The van der Waals surface area contributed by atoms with Gasteiger partial charge in [0.2, 0.25) is 5.95 Å². The Bertz CT molecular complexity index is 363. The molecule has 1 aliphatic rings. The molecule has 16 heavy (non-hydrogen) atoms. The minimum atomic E-state index is -0.449. The summed E-state index contributed by atoms with van der Waals surface area (Å²) in [5.41, 5.74) is 0.390. The molecule has 0 bridgehead atoms. The monoisotopic (exact) mass is 223 g/mol. The zero-order chi connectivity index (χ0) is 11.6. The zero-order valence-corrected chi connectivity index (χ0v) is 9.91. The predicted octanol–water partition coefficient (Wildman–Crippen LogP) is 2.63. The van der Waals surface area contributed by atoms with E-state index in [0.29, 0.717) is 5.41 Å². The van der Waals surface area contributed by atoms with Gasteiger partial charge in [-0.3, -0.25) is 0 Å². The van der Waals surface area contributed by atoms with E-state index in [1.165, 1.54) is 31.7 Å². The van der Waals surface area contributed by atoms with Crippen molar-refractivity contribution in [2.45, 2.75) is 33.1 Å². The number of hydrogen-bond acceptors (Lipinski definition) is 3. The van der Waals surface area contributed by atoms with Gasteiger partial charge in [-0.05, 0) is 24.7 Å². The van der Waals surface area contributed by atoms with E-state index >= 15 is 0 Å². The maximum Gasteiger partial charge on any atom is 0.218 e. The average Bonchev–Trinajstić information content (AvgIpc) is 2.74. The van der Waals surface area contributed by atoms with Crippen molar-refractivity contribution in [3.8, 4) is 0 Å². The third-order valence-electron chi connectivity index (χ3n) is 3.88. The molecule has 2 heterocycles. The fourth-order valence-electron chi connectivity index (χ4n) is 2.46. The summed E-state index contributed by atoms with van der Waals surface area (Å²) in [6, 6.07) is 1.42. The molecule has 0 aromatic carbocycles. The summed E-state index contributed by atoms with van der Waals surface area (Å²) in [5, 5.41) is 0. The molecule has 2 rings (SSSR count). The zero-order valence-electron chi connectivity index (χ0n) is 9.91. The minimum Gasteiger partial charge on any atom is -0.356 e. The molecular formula is C12H18FN3. The van der Waals surface area contributed by atoms with Crippen LogP contribution in [0, 0.1) is 11.4 Å². The first-order chi connectivity index (χ1) is 7.69. The molecule has 0 amide bonds. The number of hydrogen-bond donors (Lipinski definition) is 0. The summed E-state index contributed by atoms with van der Waals surface area (Å²) in [6.45, 7) is 6.41. The highest BCUT2D eigenvalue weighted by Crippen LogP contribution is 2.38. The summed E-state index contributed by atoms with van der Waals surface area (Å²) < 4.78 is 13.0. The molecule has 1 aliphatic heterocycles. The summed E-state index contributed by atoms with van der Waals surface area (Å²) in [5.74, 6) is 0.270. The van der Waals surface area contributed by atoms with Crippen LogP contribution >= 0.6 is 0 Å². The van der Waals surface area contributed by atoms with Gasteiger partial charge >= 0.3 is 0 Å². The van der Waals surface area contributed by atoms with Crippen LogP contribution in [0.5, 0.6) is 0 Å². The lowest BCUT2D eigenvalue weighted by atomic mass is 9.82. The SMILES string of the molecule is CCC1(CC)CCN(c2cc(F)ncn2)C1. The van der Waals surface area contributed by atoms with Crippen LogP contribution in [0.25, 0.3) is 0 Å². The van der Waals surface area contributed by atoms with Gasteiger partial charge in [-0.2, -0.15) is 4.39 Å². The normalized spacial score (nSPS) is 19.1. The molecule has 1 saturated heterocycles. The number of anilines is 1. The quantitative estimate of drug-likeness (QED) is 0.738. The Hall–Kier alpha value is -1.19. The van der Waals surface area contributed by atoms with Crippen molar-refractivity contribution in [1.82, 2.24) is 9.97 Å². The highest BCUT2D eigenvalue weighted by molar-refractivity contribution is 5.39. The summed E-state index contributed by atoms with van der Waals surface area (Å²) in [6.07, 6.45) is 4.81. The van der Waals surface area contributed by atoms with Crippen LogP contribution in [0.1, 0.15) is 33.1 Å². The molecule has 88 valence electrons. The highest BCUT2D eigenvalue weighted by atomic mass is 19.1. The maximum absolute atomic E-state index is 13.0. The average molecular weight is 223 g/mol. The van der Waals surface area contributed by atoms with Gasteiger partial charge in [-0.25, -0.2) is 9.97 Å². The summed E-state index contributed by atoms with van der Waals surface area (Å²) in [4.78, 5) is 9.78. The molecule has 0 saturated carbocycles. The fraction of sp³-hybridized carbons (Fsp3) is 0.667. The first-order valence-electron chi connectivity index (χ1n) is 5.91. The van der Waals surface area contributed by atoms with E-state index in [0.717, 1.165) is 18.9 Å². The van der Waals surface area contributed by atoms with Crippen molar-refractivity contribution in [3.05, 3.63) is 18.3 Å². The van der Waals surface area contributed by atoms with Crippen LogP contribution < -0.4 is 4.90 Å².